The van der Waals surface area contributed by atoms with Crippen molar-refractivity contribution < 1.29 is 4.74 Å². The molecule has 0 unspecified atom stereocenters. The third-order valence-corrected chi connectivity index (χ3v) is 4.03. The molecule has 25 heavy (non-hydrogen) atoms. The molecule has 0 spiro atoms. The van der Waals surface area contributed by atoms with Gasteiger partial charge in [0.05, 0.1) is 6.61 Å². The number of nitrogens with zero attached hydrogens (tertiary/aromatic N) is 3. The number of hydrogen-bond donors (Lipinski definition) is 2. The number of nitrogens with one attached hydrogen (secondary N) is 2. The topological polar surface area (TPSA) is 84.3 Å². The third-order valence-electron chi connectivity index (χ3n) is 3.68. The van der Waals surface area contributed by atoms with Crippen molar-refractivity contribution in [1.82, 2.24) is 19.6 Å². The molecule has 0 aliphatic heterocycles. The van der Waals surface area contributed by atoms with E-state index in [1.807, 2.05) is 19.1 Å². The molecule has 0 radical (unpaired) electrons. The number of fused-ring (bicyclic) bond motifs is 1. The molecule has 2 heterocycles. The second kappa shape index (κ2) is 7.57. The van der Waals surface area contributed by atoms with E-state index >= 15 is 0 Å². The van der Waals surface area contributed by atoms with Crippen molar-refractivity contribution in [2.45, 2.75) is 33.2 Å². The number of rotatable bonds is 7. The molecule has 3 aromatic rings. The Morgan fingerprint density at radius 2 is 2.16 bits per heavy atom. The Bertz CT molecular complexity index is 934. The van der Waals surface area contributed by atoms with E-state index in [0.29, 0.717) is 29.9 Å². The average Bonchev–Trinajstić information content (AvgIpc) is 2.98. The van der Waals surface area contributed by atoms with E-state index in [0.717, 1.165) is 29.8 Å². The molecular weight excluding hydrogens is 342 g/mol. The van der Waals surface area contributed by atoms with Crippen molar-refractivity contribution in [2.24, 2.45) is 0 Å². The van der Waals surface area contributed by atoms with Crippen LogP contribution in [-0.4, -0.2) is 26.2 Å². The second-order valence-electron chi connectivity index (χ2n) is 5.59. The Morgan fingerprint density at radius 3 is 2.88 bits per heavy atom. The first-order valence-electron chi connectivity index (χ1n) is 8.24. The molecule has 0 fully saturated rings. The van der Waals surface area contributed by atoms with Crippen LogP contribution in [0.1, 0.15) is 31.5 Å². The van der Waals surface area contributed by atoms with E-state index in [9.17, 15) is 4.79 Å². The second-order valence-corrected chi connectivity index (χ2v) is 6.00. The molecule has 0 saturated carbocycles. The largest absolute Gasteiger partial charge is 0.494 e. The van der Waals surface area contributed by atoms with Crippen LogP contribution in [0.3, 0.4) is 0 Å². The van der Waals surface area contributed by atoms with Gasteiger partial charge in [-0.3, -0.25) is 4.79 Å². The van der Waals surface area contributed by atoms with Crippen molar-refractivity contribution in [1.29, 1.82) is 0 Å². The molecule has 1 aromatic carbocycles. The Morgan fingerprint density at radius 1 is 1.32 bits per heavy atom. The Hall–Kier alpha value is -2.54. The van der Waals surface area contributed by atoms with E-state index in [2.05, 4.69) is 27.3 Å². The zero-order chi connectivity index (χ0) is 17.8. The molecule has 0 saturated heterocycles. The predicted octanol–water partition coefficient (Wildman–Crippen LogP) is 3.03. The first-order valence-corrected chi connectivity index (χ1v) is 8.62. The lowest BCUT2D eigenvalue weighted by Gasteiger charge is -2.08. The van der Waals surface area contributed by atoms with Crippen LogP contribution in [0.5, 0.6) is 5.75 Å². The predicted molar refractivity (Wildman–Crippen MR) is 97.6 cm³/mol. The van der Waals surface area contributed by atoms with Gasteiger partial charge in [-0.15, -0.1) is 5.10 Å². The van der Waals surface area contributed by atoms with Gasteiger partial charge in [0.2, 0.25) is 11.7 Å². The van der Waals surface area contributed by atoms with Gasteiger partial charge in [0.25, 0.3) is 5.56 Å². The lowest BCUT2D eigenvalue weighted by Crippen LogP contribution is -2.15. The maximum atomic E-state index is 12.1. The van der Waals surface area contributed by atoms with E-state index in [1.165, 1.54) is 4.52 Å². The van der Waals surface area contributed by atoms with Crippen LogP contribution in [-0.2, 0) is 13.0 Å². The molecular formula is C17H20ClN5O2. The Balaban J connectivity index is 1.77. The summed E-state index contributed by atoms with van der Waals surface area (Å²) in [6, 6.07) is 7.09. The number of aryl methyl sites for hydroxylation is 1. The van der Waals surface area contributed by atoms with Gasteiger partial charge in [-0.1, -0.05) is 31.0 Å². The van der Waals surface area contributed by atoms with Crippen molar-refractivity contribution in [2.75, 3.05) is 11.9 Å². The fraction of sp³-hybridized carbons (Fsp3) is 0.353. The summed E-state index contributed by atoms with van der Waals surface area (Å²) in [5.41, 5.74) is 1.55. The molecule has 7 nitrogen and oxygen atoms in total. The Labute approximate surface area is 150 Å². The summed E-state index contributed by atoms with van der Waals surface area (Å²) in [4.78, 5) is 19.5. The minimum atomic E-state index is -0.197. The molecule has 8 heteroatoms. The molecule has 132 valence electrons. The van der Waals surface area contributed by atoms with Crippen molar-refractivity contribution in [3.05, 3.63) is 50.9 Å². The smallest absolute Gasteiger partial charge is 0.275 e. The number of halogens is 1. The van der Waals surface area contributed by atoms with Gasteiger partial charge >= 0.3 is 0 Å². The number of ether oxygens (including phenoxy) is 1. The molecule has 2 aromatic heterocycles. The van der Waals surface area contributed by atoms with Crippen molar-refractivity contribution in [3.8, 4) is 5.75 Å². The van der Waals surface area contributed by atoms with Crippen molar-refractivity contribution >= 4 is 23.3 Å². The fourth-order valence-electron chi connectivity index (χ4n) is 2.52. The van der Waals surface area contributed by atoms with Gasteiger partial charge in [0.15, 0.2) is 0 Å². The SMILES string of the molecule is CCCc1cc(=O)n2nc(NCc3ccc(OCC)cc3Cl)nc2[nH]1. The number of aromatic nitrogens is 4. The van der Waals surface area contributed by atoms with E-state index in [-0.39, 0.29) is 5.56 Å². The van der Waals surface area contributed by atoms with Gasteiger partial charge < -0.3 is 15.0 Å². The monoisotopic (exact) mass is 361 g/mol. The van der Waals surface area contributed by atoms with Crippen LogP contribution < -0.4 is 15.6 Å². The highest BCUT2D eigenvalue weighted by molar-refractivity contribution is 6.31. The van der Waals surface area contributed by atoms with Crippen molar-refractivity contribution in [3.63, 3.8) is 0 Å². The van der Waals surface area contributed by atoms with E-state index < -0.39 is 0 Å². The summed E-state index contributed by atoms with van der Waals surface area (Å²) >= 11 is 6.27. The minimum Gasteiger partial charge on any atom is -0.494 e. The van der Waals surface area contributed by atoms with Crippen LogP contribution in [0.4, 0.5) is 5.95 Å². The molecule has 0 amide bonds. The van der Waals surface area contributed by atoms with Gasteiger partial charge in [0, 0.05) is 23.3 Å². The number of benzene rings is 1. The standard InChI is InChI=1S/C17H20ClN5O2/c1-3-5-12-8-15(24)23-17(20-12)21-16(22-23)19-10-11-6-7-13(25-4-2)9-14(11)18/h6-9H,3-5,10H2,1-2H3,(H2,19,20,21,22). The number of hydrogen-bond acceptors (Lipinski definition) is 5. The van der Waals surface area contributed by atoms with E-state index in [4.69, 9.17) is 16.3 Å². The number of anilines is 1. The van der Waals surface area contributed by atoms with Gasteiger partial charge in [0.1, 0.15) is 5.75 Å². The average molecular weight is 362 g/mol. The van der Waals surface area contributed by atoms with Gasteiger partial charge in [-0.2, -0.15) is 9.50 Å². The molecule has 3 rings (SSSR count). The first-order chi connectivity index (χ1) is 12.1. The quantitative estimate of drug-likeness (QED) is 0.675. The Kier molecular flexibility index (Phi) is 5.23. The lowest BCUT2D eigenvalue weighted by molar-refractivity contribution is 0.340. The normalized spacial score (nSPS) is 11.0. The summed E-state index contributed by atoms with van der Waals surface area (Å²) in [5, 5.41) is 7.88. The molecule has 0 aliphatic rings. The maximum absolute atomic E-state index is 12.1. The summed E-state index contributed by atoms with van der Waals surface area (Å²) in [6.45, 7) is 5.01. The summed E-state index contributed by atoms with van der Waals surface area (Å²) in [6.07, 6.45) is 1.74. The number of aromatic amines is 1. The van der Waals surface area contributed by atoms with Crippen LogP contribution in [0.2, 0.25) is 5.02 Å². The van der Waals surface area contributed by atoms with Gasteiger partial charge in [-0.25, -0.2) is 0 Å². The maximum Gasteiger partial charge on any atom is 0.275 e. The molecule has 0 aliphatic carbocycles. The lowest BCUT2D eigenvalue weighted by atomic mass is 10.2. The zero-order valence-corrected chi connectivity index (χ0v) is 14.9. The van der Waals surface area contributed by atoms with Crippen LogP contribution in [0.25, 0.3) is 5.78 Å². The summed E-state index contributed by atoms with van der Waals surface area (Å²) < 4.78 is 6.67. The fourth-order valence-corrected chi connectivity index (χ4v) is 2.75. The van der Waals surface area contributed by atoms with E-state index in [1.54, 1.807) is 12.1 Å². The highest BCUT2D eigenvalue weighted by Gasteiger charge is 2.09. The zero-order valence-electron chi connectivity index (χ0n) is 14.2. The minimum absolute atomic E-state index is 0.197. The molecule has 2 N–H and O–H groups in total. The third kappa shape index (κ3) is 3.93. The number of H-pyrrole nitrogens is 1. The van der Waals surface area contributed by atoms with Gasteiger partial charge in [-0.05, 0) is 31.0 Å². The summed E-state index contributed by atoms with van der Waals surface area (Å²) in [7, 11) is 0. The van der Waals surface area contributed by atoms with Crippen LogP contribution >= 0.6 is 11.6 Å². The molecule has 0 bridgehead atoms. The van der Waals surface area contributed by atoms with Crippen LogP contribution in [0, 0.1) is 0 Å². The highest BCUT2D eigenvalue weighted by atomic mass is 35.5. The highest BCUT2D eigenvalue weighted by Crippen LogP contribution is 2.23. The molecule has 0 atom stereocenters. The first kappa shape index (κ1) is 17.3. The summed E-state index contributed by atoms with van der Waals surface area (Å²) in [5.74, 6) is 1.53. The van der Waals surface area contributed by atoms with Crippen LogP contribution in [0.15, 0.2) is 29.1 Å².